The highest BCUT2D eigenvalue weighted by Gasteiger charge is 2.11. The predicted octanol–water partition coefficient (Wildman–Crippen LogP) is 3.42. The summed E-state index contributed by atoms with van der Waals surface area (Å²) in [6.45, 7) is 3.26. The zero-order chi connectivity index (χ0) is 14.2. The SMILES string of the molecule is CCCOc1cccc(C(C#N)NCc2ccco2)c1. The third kappa shape index (κ3) is 3.87. The molecule has 4 nitrogen and oxygen atoms in total. The van der Waals surface area contributed by atoms with Gasteiger partial charge in [-0.1, -0.05) is 19.1 Å². The summed E-state index contributed by atoms with van der Waals surface area (Å²) in [5.74, 6) is 1.60. The first kappa shape index (κ1) is 14.2. The van der Waals surface area contributed by atoms with Crippen LogP contribution in [0.5, 0.6) is 5.75 Å². The van der Waals surface area contributed by atoms with E-state index in [1.165, 1.54) is 0 Å². The lowest BCUT2D eigenvalue weighted by Gasteiger charge is -2.12. The molecule has 1 N–H and O–H groups in total. The molecule has 0 amide bonds. The van der Waals surface area contributed by atoms with Crippen LogP contribution in [0.4, 0.5) is 0 Å². The molecule has 0 aliphatic carbocycles. The molecule has 1 atom stereocenters. The summed E-state index contributed by atoms with van der Waals surface area (Å²) in [5.41, 5.74) is 0.896. The number of hydrogen-bond acceptors (Lipinski definition) is 4. The van der Waals surface area contributed by atoms with Crippen molar-refractivity contribution in [2.24, 2.45) is 0 Å². The first-order valence-electron chi connectivity index (χ1n) is 6.71. The Bertz CT molecular complexity index is 558. The van der Waals surface area contributed by atoms with Crippen LogP contribution in [0.15, 0.2) is 47.1 Å². The van der Waals surface area contributed by atoms with Crippen LogP contribution in [0.3, 0.4) is 0 Å². The number of ether oxygens (including phenoxy) is 1. The van der Waals surface area contributed by atoms with E-state index in [0.717, 1.165) is 23.5 Å². The monoisotopic (exact) mass is 270 g/mol. The van der Waals surface area contributed by atoms with Crippen LogP contribution >= 0.6 is 0 Å². The minimum absolute atomic E-state index is 0.384. The van der Waals surface area contributed by atoms with Gasteiger partial charge in [0, 0.05) is 0 Å². The fourth-order valence-electron chi connectivity index (χ4n) is 1.86. The van der Waals surface area contributed by atoms with Gasteiger partial charge < -0.3 is 9.15 Å². The molecule has 1 heterocycles. The number of rotatable bonds is 7. The first-order valence-corrected chi connectivity index (χ1v) is 6.71. The maximum absolute atomic E-state index is 9.29. The molecule has 4 heteroatoms. The molecule has 0 bridgehead atoms. The summed E-state index contributed by atoms with van der Waals surface area (Å²) in [5, 5.41) is 12.5. The Hall–Kier alpha value is -2.25. The molecule has 104 valence electrons. The molecule has 2 aromatic rings. The quantitative estimate of drug-likeness (QED) is 0.837. The number of nitriles is 1. The van der Waals surface area contributed by atoms with Crippen LogP contribution in [0.1, 0.15) is 30.7 Å². The van der Waals surface area contributed by atoms with Gasteiger partial charge in [-0.25, -0.2) is 0 Å². The highest BCUT2D eigenvalue weighted by Crippen LogP contribution is 2.19. The molecule has 1 aromatic carbocycles. The number of furan rings is 1. The highest BCUT2D eigenvalue weighted by molar-refractivity contribution is 5.33. The van der Waals surface area contributed by atoms with Crippen molar-refractivity contribution in [2.75, 3.05) is 6.61 Å². The summed E-state index contributed by atoms with van der Waals surface area (Å²) >= 11 is 0. The van der Waals surface area contributed by atoms with Crippen molar-refractivity contribution in [2.45, 2.75) is 25.9 Å². The lowest BCUT2D eigenvalue weighted by Crippen LogP contribution is -2.19. The molecule has 20 heavy (non-hydrogen) atoms. The Morgan fingerprint density at radius 1 is 1.35 bits per heavy atom. The fourth-order valence-corrected chi connectivity index (χ4v) is 1.86. The van der Waals surface area contributed by atoms with E-state index in [4.69, 9.17) is 9.15 Å². The Morgan fingerprint density at radius 3 is 2.95 bits per heavy atom. The fraction of sp³-hybridized carbons (Fsp3) is 0.312. The summed E-state index contributed by atoms with van der Waals surface area (Å²) in [7, 11) is 0. The van der Waals surface area contributed by atoms with E-state index < -0.39 is 0 Å². The Balaban J connectivity index is 2.01. The molecule has 2 rings (SSSR count). The predicted molar refractivity (Wildman–Crippen MR) is 76.1 cm³/mol. The van der Waals surface area contributed by atoms with Crippen LogP contribution in [0.2, 0.25) is 0 Å². The van der Waals surface area contributed by atoms with Gasteiger partial charge in [0.25, 0.3) is 0 Å². The molecule has 1 unspecified atom stereocenters. The molecule has 0 aliphatic rings. The number of nitrogens with one attached hydrogen (secondary N) is 1. The maximum atomic E-state index is 9.29. The van der Waals surface area contributed by atoms with Crippen molar-refractivity contribution in [3.63, 3.8) is 0 Å². The maximum Gasteiger partial charge on any atom is 0.121 e. The molecular formula is C16H18N2O2. The van der Waals surface area contributed by atoms with Gasteiger partial charge in [0.1, 0.15) is 17.6 Å². The van der Waals surface area contributed by atoms with Gasteiger partial charge in [0.05, 0.1) is 25.5 Å². The van der Waals surface area contributed by atoms with Crippen molar-refractivity contribution in [3.05, 3.63) is 54.0 Å². The summed E-state index contributed by atoms with van der Waals surface area (Å²) in [6, 6.07) is 13.2. The molecular weight excluding hydrogens is 252 g/mol. The van der Waals surface area contributed by atoms with Crippen LogP contribution in [-0.4, -0.2) is 6.61 Å². The van der Waals surface area contributed by atoms with E-state index in [9.17, 15) is 5.26 Å². The molecule has 0 fully saturated rings. The van der Waals surface area contributed by atoms with E-state index in [0.29, 0.717) is 13.2 Å². The average Bonchev–Trinajstić information content (AvgIpc) is 2.99. The van der Waals surface area contributed by atoms with Crippen LogP contribution in [0, 0.1) is 11.3 Å². The lowest BCUT2D eigenvalue weighted by molar-refractivity contribution is 0.317. The third-order valence-electron chi connectivity index (χ3n) is 2.85. The standard InChI is InChI=1S/C16H18N2O2/c1-2-8-19-14-6-3-5-13(10-14)16(11-17)18-12-15-7-4-9-20-15/h3-7,9-10,16,18H,2,8,12H2,1H3. The molecule has 0 radical (unpaired) electrons. The van der Waals surface area contributed by atoms with E-state index in [1.807, 2.05) is 36.4 Å². The summed E-state index contributed by atoms with van der Waals surface area (Å²) in [4.78, 5) is 0. The number of hydrogen-bond donors (Lipinski definition) is 1. The minimum Gasteiger partial charge on any atom is -0.494 e. The molecule has 1 aromatic heterocycles. The number of benzene rings is 1. The Labute approximate surface area is 119 Å². The minimum atomic E-state index is -0.384. The van der Waals surface area contributed by atoms with E-state index >= 15 is 0 Å². The smallest absolute Gasteiger partial charge is 0.121 e. The van der Waals surface area contributed by atoms with Gasteiger partial charge in [0.15, 0.2) is 0 Å². The first-order chi connectivity index (χ1) is 9.83. The van der Waals surface area contributed by atoms with Gasteiger partial charge in [-0.2, -0.15) is 5.26 Å². The normalized spacial score (nSPS) is 11.8. The van der Waals surface area contributed by atoms with Gasteiger partial charge in [-0.3, -0.25) is 5.32 Å². The van der Waals surface area contributed by atoms with Crippen LogP contribution in [0.25, 0.3) is 0 Å². The second kappa shape index (κ2) is 7.37. The van der Waals surface area contributed by atoms with Gasteiger partial charge in [-0.05, 0) is 36.2 Å². The van der Waals surface area contributed by atoms with Crippen LogP contribution in [-0.2, 0) is 6.54 Å². The molecule has 0 spiro atoms. The molecule has 0 saturated heterocycles. The second-order valence-electron chi connectivity index (χ2n) is 4.44. The van der Waals surface area contributed by atoms with Crippen LogP contribution < -0.4 is 10.1 Å². The number of nitrogens with zero attached hydrogens (tertiary/aromatic N) is 1. The molecule has 0 saturated carbocycles. The van der Waals surface area contributed by atoms with Crippen molar-refractivity contribution in [1.82, 2.24) is 5.32 Å². The molecule has 0 aliphatic heterocycles. The topological polar surface area (TPSA) is 58.2 Å². The van der Waals surface area contributed by atoms with Gasteiger partial charge in [0.2, 0.25) is 0 Å². The van der Waals surface area contributed by atoms with Crippen molar-refractivity contribution in [1.29, 1.82) is 5.26 Å². The van der Waals surface area contributed by atoms with Gasteiger partial charge >= 0.3 is 0 Å². The Kier molecular flexibility index (Phi) is 5.22. The summed E-state index contributed by atoms with van der Waals surface area (Å²) in [6.07, 6.45) is 2.58. The largest absolute Gasteiger partial charge is 0.494 e. The average molecular weight is 270 g/mol. The van der Waals surface area contributed by atoms with E-state index in [2.05, 4.69) is 18.3 Å². The zero-order valence-corrected chi connectivity index (χ0v) is 11.5. The third-order valence-corrected chi connectivity index (χ3v) is 2.85. The summed E-state index contributed by atoms with van der Waals surface area (Å²) < 4.78 is 10.8. The van der Waals surface area contributed by atoms with Crippen molar-refractivity contribution < 1.29 is 9.15 Å². The Morgan fingerprint density at radius 2 is 2.25 bits per heavy atom. The van der Waals surface area contributed by atoms with Crippen molar-refractivity contribution in [3.8, 4) is 11.8 Å². The van der Waals surface area contributed by atoms with E-state index in [-0.39, 0.29) is 6.04 Å². The van der Waals surface area contributed by atoms with Crippen molar-refractivity contribution >= 4 is 0 Å². The lowest BCUT2D eigenvalue weighted by atomic mass is 10.1. The van der Waals surface area contributed by atoms with E-state index in [1.54, 1.807) is 6.26 Å². The van der Waals surface area contributed by atoms with Gasteiger partial charge in [-0.15, -0.1) is 0 Å². The zero-order valence-electron chi connectivity index (χ0n) is 11.5. The highest BCUT2D eigenvalue weighted by atomic mass is 16.5. The second-order valence-corrected chi connectivity index (χ2v) is 4.44.